The topological polar surface area (TPSA) is 78.6 Å². The monoisotopic (exact) mass is 295 g/mol. The van der Waals surface area contributed by atoms with Gasteiger partial charge < -0.3 is 21.1 Å². The van der Waals surface area contributed by atoms with Crippen molar-refractivity contribution < 1.29 is 9.90 Å². The van der Waals surface area contributed by atoms with E-state index in [0.717, 1.165) is 36.3 Å². The lowest BCUT2D eigenvalue weighted by atomic mass is 9.82. The summed E-state index contributed by atoms with van der Waals surface area (Å²) in [6, 6.07) is 3.00. The van der Waals surface area contributed by atoms with Gasteiger partial charge in [-0.25, -0.2) is 0 Å². The van der Waals surface area contributed by atoms with Crippen LogP contribution in [0, 0.1) is 5.92 Å². The Balaban J connectivity index is 1.80. The number of amides is 1. The van der Waals surface area contributed by atoms with Crippen LogP contribution in [0.3, 0.4) is 0 Å². The number of rotatable bonds is 3. The lowest BCUT2D eigenvalue weighted by Gasteiger charge is -2.35. The summed E-state index contributed by atoms with van der Waals surface area (Å²) in [5.74, 6) is 0.300. The van der Waals surface area contributed by atoms with Crippen molar-refractivity contribution in [2.45, 2.75) is 25.0 Å². The van der Waals surface area contributed by atoms with E-state index < -0.39 is 6.04 Å². The molecule has 1 saturated carbocycles. The molecule has 1 aromatic rings. The fraction of sp³-hybridized carbons (Fsp3) is 0.500. The smallest absolute Gasteiger partial charge is 0.245 e. The van der Waals surface area contributed by atoms with Crippen LogP contribution in [0.5, 0.6) is 0 Å². The van der Waals surface area contributed by atoms with Crippen molar-refractivity contribution in [2.24, 2.45) is 11.7 Å². The number of carbonyl (C=O) groups excluding carboxylic acids is 1. The molecule has 0 bridgehead atoms. The molecule has 0 spiro atoms. The summed E-state index contributed by atoms with van der Waals surface area (Å²) >= 11 is 6.30. The number of nitrogens with zero attached hydrogens (tertiary/aromatic N) is 1. The van der Waals surface area contributed by atoms with Gasteiger partial charge >= 0.3 is 0 Å². The van der Waals surface area contributed by atoms with Crippen LogP contribution in [-0.4, -0.2) is 30.7 Å². The van der Waals surface area contributed by atoms with E-state index in [1.165, 1.54) is 0 Å². The minimum atomic E-state index is -0.636. The van der Waals surface area contributed by atoms with Gasteiger partial charge in [-0.05, 0) is 30.9 Å². The highest BCUT2D eigenvalue weighted by atomic mass is 35.5. The third-order valence-electron chi connectivity index (χ3n) is 4.15. The molecule has 1 unspecified atom stereocenters. The van der Waals surface area contributed by atoms with Crippen LogP contribution in [-0.2, 0) is 4.79 Å². The average molecular weight is 296 g/mol. The molecule has 1 aliphatic heterocycles. The number of aliphatic hydroxyl groups is 1. The molecular weight excluding hydrogens is 278 g/mol. The quantitative estimate of drug-likeness (QED) is 0.789. The molecule has 2 aliphatic rings. The summed E-state index contributed by atoms with van der Waals surface area (Å²) in [4.78, 5) is 13.6. The largest absolute Gasteiger partial charge is 0.393 e. The van der Waals surface area contributed by atoms with Gasteiger partial charge in [0, 0.05) is 24.8 Å². The molecule has 3 rings (SSSR count). The van der Waals surface area contributed by atoms with Gasteiger partial charge in [0.1, 0.15) is 6.04 Å². The van der Waals surface area contributed by atoms with Crippen molar-refractivity contribution in [3.05, 3.63) is 22.7 Å². The number of hydrogen-bond donors (Lipinski definition) is 3. The van der Waals surface area contributed by atoms with Crippen LogP contribution in [0.2, 0.25) is 5.02 Å². The van der Waals surface area contributed by atoms with E-state index in [1.807, 2.05) is 13.1 Å². The van der Waals surface area contributed by atoms with E-state index in [1.54, 1.807) is 6.07 Å². The Morgan fingerprint density at radius 1 is 1.50 bits per heavy atom. The molecule has 1 fully saturated rings. The second kappa shape index (κ2) is 4.91. The minimum Gasteiger partial charge on any atom is -0.393 e. The molecule has 0 aromatic heterocycles. The van der Waals surface area contributed by atoms with Gasteiger partial charge in [-0.15, -0.1) is 0 Å². The predicted octanol–water partition coefficient (Wildman–Crippen LogP) is 1.50. The molecule has 1 atom stereocenters. The highest BCUT2D eigenvalue weighted by Gasteiger charge is 2.31. The fourth-order valence-electron chi connectivity index (χ4n) is 2.92. The molecule has 20 heavy (non-hydrogen) atoms. The number of fused-ring (bicyclic) bond motifs is 1. The zero-order valence-corrected chi connectivity index (χ0v) is 12.0. The Hall–Kier alpha value is -1.30. The highest BCUT2D eigenvalue weighted by molar-refractivity contribution is 6.33. The average Bonchev–Trinajstić information content (AvgIpc) is 2.63. The standard InChI is InChI=1S/C14H18ClN3O2/c1-18(6-7-2-8(19)3-7)12-5-11-9(4-10(12)15)13(16)14(20)17-11/h4-5,7-8,13,19H,2-3,6,16H2,1H3,(H,17,20). The SMILES string of the molecule is CN(CC1CC(O)C1)c1cc2c(cc1Cl)C(N)C(=O)N2. The minimum absolute atomic E-state index is 0.152. The summed E-state index contributed by atoms with van der Waals surface area (Å²) in [6.45, 7) is 0.843. The number of benzene rings is 1. The van der Waals surface area contributed by atoms with E-state index in [4.69, 9.17) is 17.3 Å². The van der Waals surface area contributed by atoms with Gasteiger partial charge in [-0.2, -0.15) is 0 Å². The fourth-order valence-corrected chi connectivity index (χ4v) is 3.24. The molecule has 5 nitrogen and oxygen atoms in total. The third kappa shape index (κ3) is 2.26. The van der Waals surface area contributed by atoms with Gasteiger partial charge in [0.05, 0.1) is 16.8 Å². The maximum Gasteiger partial charge on any atom is 0.245 e. The summed E-state index contributed by atoms with van der Waals surface area (Å²) in [5.41, 5.74) is 8.16. The van der Waals surface area contributed by atoms with E-state index in [0.29, 0.717) is 10.9 Å². The van der Waals surface area contributed by atoms with Crippen LogP contribution < -0.4 is 16.0 Å². The zero-order chi connectivity index (χ0) is 14.4. The van der Waals surface area contributed by atoms with E-state index in [-0.39, 0.29) is 12.0 Å². The van der Waals surface area contributed by atoms with E-state index >= 15 is 0 Å². The predicted molar refractivity (Wildman–Crippen MR) is 79.0 cm³/mol. The number of hydrogen-bond acceptors (Lipinski definition) is 4. The summed E-state index contributed by atoms with van der Waals surface area (Å²) in [7, 11) is 1.97. The molecular formula is C14H18ClN3O2. The first-order valence-electron chi connectivity index (χ1n) is 6.74. The lowest BCUT2D eigenvalue weighted by molar-refractivity contribution is -0.116. The molecule has 1 amide bonds. The molecule has 108 valence electrons. The molecule has 4 N–H and O–H groups in total. The first-order chi connectivity index (χ1) is 9.45. The second-order valence-electron chi connectivity index (χ2n) is 5.73. The number of aliphatic hydroxyl groups excluding tert-OH is 1. The van der Waals surface area contributed by atoms with E-state index in [2.05, 4.69) is 10.2 Å². The Kier molecular flexibility index (Phi) is 3.36. The van der Waals surface area contributed by atoms with Crippen molar-refractivity contribution in [3.63, 3.8) is 0 Å². The summed E-state index contributed by atoms with van der Waals surface area (Å²) in [6.07, 6.45) is 1.53. The number of nitrogens with two attached hydrogens (primary N) is 1. The van der Waals surface area contributed by atoms with Gasteiger partial charge in [-0.1, -0.05) is 11.6 Å². The molecule has 1 heterocycles. The Morgan fingerprint density at radius 3 is 2.85 bits per heavy atom. The molecule has 0 saturated heterocycles. The van der Waals surface area contributed by atoms with Crippen molar-refractivity contribution in [2.75, 3.05) is 23.8 Å². The lowest BCUT2D eigenvalue weighted by Crippen LogP contribution is -2.37. The van der Waals surface area contributed by atoms with Crippen molar-refractivity contribution in [3.8, 4) is 0 Å². The van der Waals surface area contributed by atoms with Crippen molar-refractivity contribution >= 4 is 28.9 Å². The first-order valence-corrected chi connectivity index (χ1v) is 7.12. The maximum absolute atomic E-state index is 11.6. The zero-order valence-electron chi connectivity index (χ0n) is 11.3. The van der Waals surface area contributed by atoms with Gasteiger partial charge in [0.2, 0.25) is 5.91 Å². The maximum atomic E-state index is 11.6. The van der Waals surface area contributed by atoms with Crippen molar-refractivity contribution in [1.29, 1.82) is 0 Å². The van der Waals surface area contributed by atoms with Crippen LogP contribution >= 0.6 is 11.6 Å². The normalized spacial score (nSPS) is 27.8. The summed E-state index contributed by atoms with van der Waals surface area (Å²) in [5, 5.41) is 12.7. The molecule has 1 aliphatic carbocycles. The van der Waals surface area contributed by atoms with Gasteiger partial charge in [0.25, 0.3) is 0 Å². The second-order valence-corrected chi connectivity index (χ2v) is 6.14. The van der Waals surface area contributed by atoms with E-state index in [9.17, 15) is 9.90 Å². The highest BCUT2D eigenvalue weighted by Crippen LogP contribution is 2.38. The number of carbonyl (C=O) groups is 1. The first kappa shape index (κ1) is 13.7. The van der Waals surface area contributed by atoms with Crippen LogP contribution in [0.15, 0.2) is 12.1 Å². The molecule has 1 aromatic carbocycles. The Labute approximate surface area is 122 Å². The number of halogens is 1. The summed E-state index contributed by atoms with van der Waals surface area (Å²) < 4.78 is 0. The number of anilines is 2. The van der Waals surface area contributed by atoms with Crippen molar-refractivity contribution in [1.82, 2.24) is 0 Å². The third-order valence-corrected chi connectivity index (χ3v) is 4.45. The van der Waals surface area contributed by atoms with Gasteiger partial charge in [-0.3, -0.25) is 4.79 Å². The van der Waals surface area contributed by atoms with Crippen LogP contribution in [0.25, 0.3) is 0 Å². The molecule has 6 heteroatoms. The van der Waals surface area contributed by atoms with Crippen LogP contribution in [0.1, 0.15) is 24.4 Å². The number of nitrogens with one attached hydrogen (secondary N) is 1. The van der Waals surface area contributed by atoms with Gasteiger partial charge in [0.15, 0.2) is 0 Å². The van der Waals surface area contributed by atoms with Crippen LogP contribution in [0.4, 0.5) is 11.4 Å². The Bertz CT molecular complexity index is 558. The Morgan fingerprint density at radius 2 is 2.20 bits per heavy atom. The molecule has 0 radical (unpaired) electrons.